The first-order valence-corrected chi connectivity index (χ1v) is 10.0. The Labute approximate surface area is 146 Å². The second-order valence-corrected chi connectivity index (χ2v) is 7.78. The monoisotopic (exact) mass is 331 g/mol. The van der Waals surface area contributed by atoms with Gasteiger partial charge in [-0.05, 0) is 43.9 Å². The maximum Gasteiger partial charge on any atom is 0.227 e. The van der Waals surface area contributed by atoms with Gasteiger partial charge in [-0.3, -0.25) is 4.79 Å². The van der Waals surface area contributed by atoms with Crippen LogP contribution in [0.5, 0.6) is 0 Å². The van der Waals surface area contributed by atoms with Gasteiger partial charge in [0.15, 0.2) is 0 Å². The van der Waals surface area contributed by atoms with Gasteiger partial charge < -0.3 is 10.3 Å². The van der Waals surface area contributed by atoms with E-state index in [2.05, 4.69) is 22.2 Å². The Kier molecular flexibility index (Phi) is 5.96. The number of nitrogens with one attached hydrogen (secondary N) is 2. The van der Waals surface area contributed by atoms with Gasteiger partial charge in [0, 0.05) is 12.4 Å². The van der Waals surface area contributed by atoms with E-state index in [1.54, 1.807) is 6.20 Å². The Morgan fingerprint density at radius 1 is 1.12 bits per heavy atom. The van der Waals surface area contributed by atoms with Gasteiger partial charge in [0.1, 0.15) is 5.82 Å². The van der Waals surface area contributed by atoms with Gasteiger partial charge in [0.2, 0.25) is 5.91 Å². The van der Waals surface area contributed by atoms with Crippen molar-refractivity contribution in [2.24, 2.45) is 17.3 Å². The molecular weight excluding hydrogens is 298 g/mol. The predicted octanol–water partition coefficient (Wildman–Crippen LogP) is 4.58. The lowest BCUT2D eigenvalue weighted by Gasteiger charge is -2.47. The fraction of sp³-hybridized carbons (Fsp3) is 0.800. The Morgan fingerprint density at radius 2 is 1.71 bits per heavy atom. The minimum Gasteiger partial charge on any atom is -0.348 e. The van der Waals surface area contributed by atoms with Crippen molar-refractivity contribution >= 4 is 5.91 Å². The van der Waals surface area contributed by atoms with Crippen LogP contribution in [0.1, 0.15) is 83.4 Å². The Bertz CT molecular complexity index is 481. The van der Waals surface area contributed by atoms with Crippen molar-refractivity contribution in [2.45, 2.75) is 84.1 Å². The molecule has 4 heteroatoms. The van der Waals surface area contributed by atoms with Crippen molar-refractivity contribution in [2.75, 3.05) is 0 Å². The fourth-order valence-corrected chi connectivity index (χ4v) is 5.40. The highest BCUT2D eigenvalue weighted by molar-refractivity contribution is 5.83. The summed E-state index contributed by atoms with van der Waals surface area (Å²) in [5, 5.41) is 3.24. The largest absolute Gasteiger partial charge is 0.348 e. The van der Waals surface area contributed by atoms with Gasteiger partial charge in [-0.15, -0.1) is 0 Å². The molecule has 0 bridgehead atoms. The van der Waals surface area contributed by atoms with Crippen LogP contribution in [-0.2, 0) is 11.3 Å². The SMILES string of the molecule is CCC(C(=O)NCc1ncc[nH]1)(C1CCCCC1)C1CCCCC1. The van der Waals surface area contributed by atoms with E-state index in [0.717, 1.165) is 12.2 Å². The number of carbonyl (C=O) groups excluding carboxylic acids is 1. The van der Waals surface area contributed by atoms with E-state index in [9.17, 15) is 4.79 Å². The first-order valence-electron chi connectivity index (χ1n) is 10.0. The minimum absolute atomic E-state index is 0.159. The molecule has 0 radical (unpaired) electrons. The van der Waals surface area contributed by atoms with Crippen molar-refractivity contribution in [1.82, 2.24) is 15.3 Å². The molecule has 2 N–H and O–H groups in total. The summed E-state index contributed by atoms with van der Waals surface area (Å²) in [5.74, 6) is 2.27. The van der Waals surface area contributed by atoms with Crippen LogP contribution >= 0.6 is 0 Å². The number of nitrogens with zero attached hydrogens (tertiary/aromatic N) is 1. The van der Waals surface area contributed by atoms with Gasteiger partial charge in [0.25, 0.3) is 0 Å². The maximum atomic E-state index is 13.4. The number of carbonyl (C=O) groups is 1. The normalized spacial score (nSPS) is 20.9. The number of hydrogen-bond acceptors (Lipinski definition) is 2. The summed E-state index contributed by atoms with van der Waals surface area (Å²) in [6.45, 7) is 2.77. The van der Waals surface area contributed by atoms with Crippen LogP contribution in [-0.4, -0.2) is 15.9 Å². The molecule has 0 aliphatic heterocycles. The quantitative estimate of drug-likeness (QED) is 0.801. The van der Waals surface area contributed by atoms with Crippen molar-refractivity contribution in [3.05, 3.63) is 18.2 Å². The van der Waals surface area contributed by atoms with Crippen molar-refractivity contribution in [1.29, 1.82) is 0 Å². The fourth-order valence-electron chi connectivity index (χ4n) is 5.40. The second kappa shape index (κ2) is 8.17. The lowest BCUT2D eigenvalue weighted by Crippen LogP contribution is -2.51. The summed E-state index contributed by atoms with van der Waals surface area (Å²) in [4.78, 5) is 20.8. The van der Waals surface area contributed by atoms with E-state index in [1.165, 1.54) is 64.2 Å². The van der Waals surface area contributed by atoms with Crippen molar-refractivity contribution in [3.8, 4) is 0 Å². The number of rotatable bonds is 6. The van der Waals surface area contributed by atoms with E-state index in [0.29, 0.717) is 24.3 Å². The number of imidazole rings is 1. The summed E-state index contributed by atoms with van der Waals surface area (Å²) in [6, 6.07) is 0. The number of aromatic amines is 1. The zero-order valence-corrected chi connectivity index (χ0v) is 15.2. The van der Waals surface area contributed by atoms with Crippen LogP contribution < -0.4 is 5.32 Å². The highest BCUT2D eigenvalue weighted by Crippen LogP contribution is 2.51. The van der Waals surface area contributed by atoms with Gasteiger partial charge in [-0.2, -0.15) is 0 Å². The second-order valence-electron chi connectivity index (χ2n) is 7.78. The van der Waals surface area contributed by atoms with Crippen LogP contribution in [0.4, 0.5) is 0 Å². The molecule has 4 nitrogen and oxygen atoms in total. The predicted molar refractivity (Wildman–Crippen MR) is 96.3 cm³/mol. The molecular formula is C20H33N3O. The molecule has 1 amide bonds. The average molecular weight is 332 g/mol. The Hall–Kier alpha value is -1.32. The molecule has 0 saturated heterocycles. The molecule has 0 unspecified atom stereocenters. The van der Waals surface area contributed by atoms with E-state index >= 15 is 0 Å². The molecule has 2 fully saturated rings. The zero-order chi connectivity index (χ0) is 16.8. The van der Waals surface area contributed by atoms with E-state index in [4.69, 9.17) is 0 Å². The maximum absolute atomic E-state index is 13.4. The van der Waals surface area contributed by atoms with Gasteiger partial charge in [0.05, 0.1) is 12.0 Å². The lowest BCUT2D eigenvalue weighted by atomic mass is 9.57. The molecule has 0 aromatic carbocycles. The van der Waals surface area contributed by atoms with E-state index in [1.807, 2.05) is 6.20 Å². The van der Waals surface area contributed by atoms with E-state index in [-0.39, 0.29) is 5.41 Å². The molecule has 2 saturated carbocycles. The molecule has 0 atom stereocenters. The number of hydrogen-bond donors (Lipinski definition) is 2. The van der Waals surface area contributed by atoms with E-state index < -0.39 is 0 Å². The molecule has 2 aliphatic carbocycles. The van der Waals surface area contributed by atoms with Crippen molar-refractivity contribution < 1.29 is 4.79 Å². The zero-order valence-electron chi connectivity index (χ0n) is 15.2. The summed E-state index contributed by atoms with van der Waals surface area (Å²) in [5.41, 5.74) is -0.159. The molecule has 1 aromatic rings. The number of amides is 1. The average Bonchev–Trinajstić information content (AvgIpc) is 3.16. The molecule has 3 rings (SSSR count). The standard InChI is InChI=1S/C20H33N3O/c1-2-20(16-9-5-3-6-10-16,17-11-7-4-8-12-17)19(24)23-15-18-21-13-14-22-18/h13-14,16-17H,2-12,15H2,1H3,(H,21,22)(H,23,24). The van der Waals surface area contributed by atoms with Crippen LogP contribution in [0.25, 0.3) is 0 Å². The number of H-pyrrole nitrogens is 1. The third kappa shape index (κ3) is 3.52. The first kappa shape index (κ1) is 17.5. The molecule has 1 aromatic heterocycles. The topological polar surface area (TPSA) is 57.8 Å². The molecule has 134 valence electrons. The molecule has 24 heavy (non-hydrogen) atoms. The highest BCUT2D eigenvalue weighted by Gasteiger charge is 2.49. The highest BCUT2D eigenvalue weighted by atomic mass is 16.2. The smallest absolute Gasteiger partial charge is 0.227 e. The van der Waals surface area contributed by atoms with Crippen LogP contribution in [0.2, 0.25) is 0 Å². The summed E-state index contributed by atoms with van der Waals surface area (Å²) in [6.07, 6.45) is 17.3. The summed E-state index contributed by atoms with van der Waals surface area (Å²) in [7, 11) is 0. The molecule has 0 spiro atoms. The molecule has 1 heterocycles. The minimum atomic E-state index is -0.159. The van der Waals surface area contributed by atoms with Gasteiger partial charge >= 0.3 is 0 Å². The van der Waals surface area contributed by atoms with Crippen molar-refractivity contribution in [3.63, 3.8) is 0 Å². The van der Waals surface area contributed by atoms with Crippen LogP contribution in [0.3, 0.4) is 0 Å². The van der Waals surface area contributed by atoms with Gasteiger partial charge in [-0.25, -0.2) is 4.98 Å². The first-order chi connectivity index (χ1) is 11.8. The Balaban J connectivity index is 1.79. The lowest BCUT2D eigenvalue weighted by molar-refractivity contribution is -0.142. The third-order valence-electron chi connectivity index (χ3n) is 6.65. The molecule has 2 aliphatic rings. The van der Waals surface area contributed by atoms with Gasteiger partial charge in [-0.1, -0.05) is 45.4 Å². The summed E-state index contributed by atoms with van der Waals surface area (Å²) >= 11 is 0. The summed E-state index contributed by atoms with van der Waals surface area (Å²) < 4.78 is 0. The Morgan fingerprint density at radius 3 is 2.17 bits per heavy atom. The van der Waals surface area contributed by atoms with Crippen LogP contribution in [0, 0.1) is 17.3 Å². The third-order valence-corrected chi connectivity index (χ3v) is 6.65. The van der Waals surface area contributed by atoms with Crippen LogP contribution in [0.15, 0.2) is 12.4 Å². The number of aromatic nitrogens is 2.